The van der Waals surface area contributed by atoms with E-state index in [0.29, 0.717) is 13.0 Å². The minimum Gasteiger partial charge on any atom is -0.245 e. The summed E-state index contributed by atoms with van der Waals surface area (Å²) in [6.45, 7) is 2.49. The molecule has 134 valence electrons. The number of hydrogen-bond acceptors (Lipinski definition) is 3. The third kappa shape index (κ3) is 3.25. The van der Waals surface area contributed by atoms with Crippen molar-refractivity contribution in [3.63, 3.8) is 0 Å². The Morgan fingerprint density at radius 2 is 1.67 bits per heavy atom. The Bertz CT molecular complexity index is 991. The molecule has 1 aliphatic rings. The van der Waals surface area contributed by atoms with E-state index in [2.05, 4.69) is 22.1 Å². The Labute approximate surface area is 158 Å². The number of aliphatic imine (C=N–C) groups is 1. The number of allylic oxidation sites excluding steroid dienone is 2. The van der Waals surface area contributed by atoms with E-state index in [4.69, 9.17) is 0 Å². The predicted octanol–water partition coefficient (Wildman–Crippen LogP) is 4.38. The second-order valence-electron chi connectivity index (χ2n) is 6.70. The van der Waals surface area contributed by atoms with E-state index in [-0.39, 0.29) is 10.5 Å². The molecule has 0 bridgehead atoms. The molecule has 0 fully saturated rings. The van der Waals surface area contributed by atoms with Gasteiger partial charge in [-0.1, -0.05) is 60.7 Å². The molecule has 5 heteroatoms. The first kappa shape index (κ1) is 17.1. The zero-order valence-corrected chi connectivity index (χ0v) is 15.2. The van der Waals surface area contributed by atoms with Gasteiger partial charge in [-0.2, -0.15) is 4.48 Å². The lowest BCUT2D eigenvalue weighted by atomic mass is 10.1. The van der Waals surface area contributed by atoms with Crippen LogP contribution in [0.3, 0.4) is 0 Å². The van der Waals surface area contributed by atoms with Crippen LogP contribution in [0.15, 0.2) is 95.8 Å². The number of carbonyl (C=O) groups is 1. The number of quaternary nitrogens is 1. The van der Waals surface area contributed by atoms with Crippen molar-refractivity contribution in [1.29, 1.82) is 0 Å². The van der Waals surface area contributed by atoms with Crippen LogP contribution in [0.2, 0.25) is 0 Å². The Morgan fingerprint density at radius 1 is 1.00 bits per heavy atom. The largest absolute Gasteiger partial charge is 0.439 e. The van der Waals surface area contributed by atoms with Gasteiger partial charge >= 0.3 is 6.03 Å². The zero-order valence-electron chi connectivity index (χ0n) is 15.2. The number of amides is 1. The number of aromatic nitrogens is 2. The summed E-state index contributed by atoms with van der Waals surface area (Å²) < 4.78 is 1.58. The maximum atomic E-state index is 13.6. The minimum absolute atomic E-state index is 0.0428. The topological polar surface area (TPSA) is 47.2 Å². The van der Waals surface area contributed by atoms with Gasteiger partial charge in [0.2, 0.25) is 6.34 Å². The number of carbonyl (C=O) groups excluding carboxylic acids is 1. The first-order chi connectivity index (χ1) is 13.2. The van der Waals surface area contributed by atoms with Gasteiger partial charge in [0.25, 0.3) is 0 Å². The predicted molar refractivity (Wildman–Crippen MR) is 105 cm³/mol. The summed E-state index contributed by atoms with van der Waals surface area (Å²) in [4.78, 5) is 22.2. The summed E-state index contributed by atoms with van der Waals surface area (Å²) in [6.07, 6.45) is 7.30. The molecule has 0 aliphatic carbocycles. The zero-order chi connectivity index (χ0) is 18.7. The molecule has 1 amide bonds. The Kier molecular flexibility index (Phi) is 4.52. The van der Waals surface area contributed by atoms with E-state index in [1.165, 1.54) is 0 Å². The third-order valence-corrected chi connectivity index (χ3v) is 4.90. The van der Waals surface area contributed by atoms with Crippen LogP contribution < -0.4 is 0 Å². The second-order valence-corrected chi connectivity index (χ2v) is 6.70. The van der Waals surface area contributed by atoms with E-state index in [9.17, 15) is 4.79 Å². The number of imidazole rings is 1. The summed E-state index contributed by atoms with van der Waals surface area (Å²) >= 11 is 0. The van der Waals surface area contributed by atoms with Crippen LogP contribution in [0.5, 0.6) is 0 Å². The molecule has 1 aliphatic heterocycles. The highest BCUT2D eigenvalue weighted by Crippen LogP contribution is 2.33. The van der Waals surface area contributed by atoms with E-state index in [0.717, 1.165) is 22.5 Å². The summed E-state index contributed by atoms with van der Waals surface area (Å²) in [5.41, 5.74) is 4.12. The quantitative estimate of drug-likeness (QED) is 0.651. The van der Waals surface area contributed by atoms with Crippen molar-refractivity contribution in [2.75, 3.05) is 0 Å². The number of rotatable bonds is 4. The van der Waals surface area contributed by atoms with Gasteiger partial charge in [-0.3, -0.25) is 0 Å². The van der Waals surface area contributed by atoms with Gasteiger partial charge in [-0.05, 0) is 12.5 Å². The molecule has 0 saturated heterocycles. The normalized spacial score (nSPS) is 18.9. The third-order valence-electron chi connectivity index (χ3n) is 4.90. The lowest BCUT2D eigenvalue weighted by Crippen LogP contribution is -2.51. The lowest BCUT2D eigenvalue weighted by molar-refractivity contribution is -0.723. The standard InChI is InChI=1S/C22H21N4O/c1-18-21(14-19-8-4-2-5-9-19)26(17-24-18,15-20-10-6-3-7-11-20)22(27)25-13-12-23-16-25/h2-13,16-17H,14-15H2,1H3/q+1. The first-order valence-electron chi connectivity index (χ1n) is 8.93. The Hall–Kier alpha value is -3.31. The molecule has 2 heterocycles. The van der Waals surface area contributed by atoms with Gasteiger partial charge in [-0.15, -0.1) is 0 Å². The van der Waals surface area contributed by atoms with Crippen LogP contribution >= 0.6 is 0 Å². The van der Waals surface area contributed by atoms with Crippen molar-refractivity contribution in [2.24, 2.45) is 4.99 Å². The molecule has 0 radical (unpaired) electrons. The fourth-order valence-corrected chi connectivity index (χ4v) is 3.49. The average Bonchev–Trinajstić information content (AvgIpc) is 3.34. The lowest BCUT2D eigenvalue weighted by Gasteiger charge is -2.30. The molecule has 1 unspecified atom stereocenters. The average molecular weight is 357 g/mol. The van der Waals surface area contributed by atoms with Crippen LogP contribution in [0, 0.1) is 0 Å². The van der Waals surface area contributed by atoms with Crippen LogP contribution in [-0.4, -0.2) is 26.4 Å². The maximum Gasteiger partial charge on any atom is 0.439 e. The summed E-state index contributed by atoms with van der Waals surface area (Å²) in [5, 5.41) is 0. The molecule has 27 heavy (non-hydrogen) atoms. The van der Waals surface area contributed by atoms with Crippen LogP contribution in [0.25, 0.3) is 0 Å². The molecular weight excluding hydrogens is 336 g/mol. The van der Waals surface area contributed by atoms with Gasteiger partial charge in [0.1, 0.15) is 18.6 Å². The summed E-state index contributed by atoms with van der Waals surface area (Å²) in [6, 6.07) is 20.2. The van der Waals surface area contributed by atoms with Gasteiger partial charge in [0.05, 0.1) is 6.42 Å². The summed E-state index contributed by atoms with van der Waals surface area (Å²) in [5.74, 6) is 0. The van der Waals surface area contributed by atoms with Gasteiger partial charge in [0, 0.05) is 18.0 Å². The van der Waals surface area contributed by atoms with Crippen LogP contribution in [0.4, 0.5) is 4.79 Å². The van der Waals surface area contributed by atoms with Crippen LogP contribution in [-0.2, 0) is 13.0 Å². The highest BCUT2D eigenvalue weighted by molar-refractivity contribution is 5.81. The van der Waals surface area contributed by atoms with Crippen molar-refractivity contribution < 1.29 is 9.28 Å². The summed E-state index contributed by atoms with van der Waals surface area (Å²) in [7, 11) is 0. The Morgan fingerprint density at radius 3 is 2.30 bits per heavy atom. The molecule has 1 aromatic heterocycles. The molecule has 0 spiro atoms. The monoisotopic (exact) mass is 357 g/mol. The molecular formula is C22H21N4O+. The molecule has 0 saturated carbocycles. The maximum absolute atomic E-state index is 13.6. The minimum atomic E-state index is -0.0807. The second kappa shape index (κ2) is 7.13. The fourth-order valence-electron chi connectivity index (χ4n) is 3.49. The van der Waals surface area contributed by atoms with Gasteiger partial charge < -0.3 is 0 Å². The first-order valence-corrected chi connectivity index (χ1v) is 8.93. The SMILES string of the molecule is CC1=C(Cc2ccccc2)[N+](Cc2ccccc2)(C(=O)n2ccnc2)C=N1. The van der Waals surface area contributed by atoms with Crippen molar-refractivity contribution >= 4 is 12.4 Å². The molecule has 2 aromatic carbocycles. The molecule has 4 rings (SSSR count). The van der Waals surface area contributed by atoms with E-state index >= 15 is 0 Å². The molecule has 0 N–H and O–H groups in total. The number of benzene rings is 2. The number of hydrogen-bond donors (Lipinski definition) is 0. The van der Waals surface area contributed by atoms with Crippen molar-refractivity contribution in [1.82, 2.24) is 9.55 Å². The molecule has 3 aromatic rings. The highest BCUT2D eigenvalue weighted by atomic mass is 16.2. The molecule has 1 atom stereocenters. The van der Waals surface area contributed by atoms with Gasteiger partial charge in [-0.25, -0.2) is 19.3 Å². The van der Waals surface area contributed by atoms with E-state index in [1.807, 2.05) is 55.5 Å². The van der Waals surface area contributed by atoms with E-state index < -0.39 is 0 Å². The smallest absolute Gasteiger partial charge is 0.245 e. The van der Waals surface area contributed by atoms with Gasteiger partial charge in [0.15, 0.2) is 5.70 Å². The fraction of sp³-hybridized carbons (Fsp3) is 0.136. The van der Waals surface area contributed by atoms with Crippen molar-refractivity contribution in [2.45, 2.75) is 19.9 Å². The number of nitrogens with zero attached hydrogens (tertiary/aromatic N) is 4. The van der Waals surface area contributed by atoms with E-state index in [1.54, 1.807) is 29.6 Å². The van der Waals surface area contributed by atoms with Crippen molar-refractivity contribution in [3.05, 3.63) is 102 Å². The van der Waals surface area contributed by atoms with Crippen molar-refractivity contribution in [3.8, 4) is 0 Å². The highest BCUT2D eigenvalue weighted by Gasteiger charge is 2.46. The van der Waals surface area contributed by atoms with Crippen LogP contribution in [0.1, 0.15) is 18.1 Å². The Balaban J connectivity index is 1.79. The molecule has 5 nitrogen and oxygen atoms in total.